The van der Waals surface area contributed by atoms with Crippen LogP contribution in [0.25, 0.3) is 0 Å². The molecular weight excluding hydrogens is 202 g/mol. The molecule has 0 atom stereocenters. The van der Waals surface area contributed by atoms with Gasteiger partial charge in [-0.15, -0.1) is 12.4 Å². The van der Waals surface area contributed by atoms with Gasteiger partial charge >= 0.3 is 5.97 Å². The smallest absolute Gasteiger partial charge is 0.335 e. The molecule has 2 aliphatic heterocycles. The second-order valence-electron chi connectivity index (χ2n) is 2.89. The Hall–Kier alpha value is -1.48. The minimum Gasteiger partial charge on any atom is -0.478 e. The van der Waals surface area contributed by atoms with Crippen LogP contribution in [0.3, 0.4) is 0 Å². The molecule has 2 aliphatic rings. The molecule has 74 valence electrons. The number of allylic oxidation sites excluding steroid dienone is 3. The minimum atomic E-state index is -0.883. The molecule has 0 amide bonds. The molecule has 1 N–H and O–H groups in total. The molecule has 0 fully saturated rings. The number of nitrogens with zero attached hydrogens (tertiary/aromatic N) is 1. The van der Waals surface area contributed by atoms with Crippen LogP contribution in [0, 0.1) is 0 Å². The molecule has 3 nitrogen and oxygen atoms in total. The van der Waals surface area contributed by atoms with Crippen molar-refractivity contribution in [2.45, 2.75) is 0 Å². The van der Waals surface area contributed by atoms with Crippen LogP contribution in [-0.2, 0) is 4.79 Å². The van der Waals surface area contributed by atoms with Crippen molar-refractivity contribution in [2.24, 2.45) is 0 Å². The van der Waals surface area contributed by atoms with Crippen LogP contribution in [-0.4, -0.2) is 22.5 Å². The maximum Gasteiger partial charge on any atom is 0.335 e. The largest absolute Gasteiger partial charge is 0.478 e. The van der Waals surface area contributed by atoms with Gasteiger partial charge in [-0.25, -0.2) is 4.79 Å². The number of hydrogen-bond donors (Lipinski definition) is 1. The zero-order valence-corrected chi connectivity index (χ0v) is 8.20. The van der Waals surface area contributed by atoms with Crippen LogP contribution in [0.15, 0.2) is 47.9 Å². The number of hydrogen-bond acceptors (Lipinski definition) is 2. The van der Waals surface area contributed by atoms with Crippen LogP contribution in [0.1, 0.15) is 0 Å². The molecule has 0 radical (unpaired) electrons. The Bertz CT molecular complexity index is 366. The van der Waals surface area contributed by atoms with Crippen molar-refractivity contribution in [1.82, 2.24) is 4.90 Å². The van der Waals surface area contributed by atoms with Crippen LogP contribution in [0.4, 0.5) is 0 Å². The van der Waals surface area contributed by atoms with Gasteiger partial charge in [-0.1, -0.05) is 12.2 Å². The van der Waals surface area contributed by atoms with E-state index in [2.05, 4.69) is 0 Å². The Kier molecular flexibility index (Phi) is 3.14. The normalized spacial score (nSPS) is 17.9. The number of carboxylic acids is 1. The number of carbonyl (C=O) groups is 1. The lowest BCUT2D eigenvalue weighted by atomic mass is 10.1. The summed E-state index contributed by atoms with van der Waals surface area (Å²) in [6.07, 6.45) is 10.9. The van der Waals surface area contributed by atoms with Crippen LogP contribution in [0.5, 0.6) is 0 Å². The third-order valence-corrected chi connectivity index (χ3v) is 2.02. The van der Waals surface area contributed by atoms with Gasteiger partial charge in [-0.2, -0.15) is 0 Å². The van der Waals surface area contributed by atoms with E-state index in [-0.39, 0.29) is 12.4 Å². The fourth-order valence-corrected chi connectivity index (χ4v) is 1.33. The standard InChI is InChI=1S/C10H9NO2.ClH/c12-10(13)8-4-6-11-5-2-1-3-9(11)7-8;/h1-4,6-7H,5H2,(H,12,13);1H. The first-order valence-electron chi connectivity index (χ1n) is 4.04. The predicted octanol–water partition coefficient (Wildman–Crippen LogP) is 1.70. The highest BCUT2D eigenvalue weighted by Gasteiger charge is 2.14. The van der Waals surface area contributed by atoms with Gasteiger partial charge in [0.25, 0.3) is 0 Å². The maximum atomic E-state index is 10.6. The SMILES string of the molecule is Cl.O=C(O)C1=CC2=CC=CCN2C=C1. The van der Waals surface area contributed by atoms with Crippen LogP contribution in [0.2, 0.25) is 0 Å². The van der Waals surface area contributed by atoms with Gasteiger partial charge < -0.3 is 10.0 Å². The Morgan fingerprint density at radius 2 is 2.29 bits per heavy atom. The quantitative estimate of drug-likeness (QED) is 0.718. The summed E-state index contributed by atoms with van der Waals surface area (Å²) in [7, 11) is 0. The van der Waals surface area contributed by atoms with E-state index in [4.69, 9.17) is 5.11 Å². The molecular formula is C10H10ClNO2. The van der Waals surface area contributed by atoms with E-state index in [1.54, 1.807) is 18.4 Å². The van der Waals surface area contributed by atoms with Crippen molar-refractivity contribution in [2.75, 3.05) is 6.54 Å². The van der Waals surface area contributed by atoms with E-state index in [0.29, 0.717) is 5.57 Å². The molecule has 0 unspecified atom stereocenters. The molecule has 2 heterocycles. The summed E-state index contributed by atoms with van der Waals surface area (Å²) in [6, 6.07) is 0. The Balaban J connectivity index is 0.000000980. The summed E-state index contributed by atoms with van der Waals surface area (Å²) in [6.45, 7) is 0.811. The average molecular weight is 212 g/mol. The molecule has 0 aromatic carbocycles. The fourth-order valence-electron chi connectivity index (χ4n) is 1.33. The molecule has 0 saturated heterocycles. The summed E-state index contributed by atoms with van der Waals surface area (Å²) >= 11 is 0. The first-order chi connectivity index (χ1) is 6.27. The lowest BCUT2D eigenvalue weighted by Gasteiger charge is -2.25. The van der Waals surface area contributed by atoms with E-state index < -0.39 is 5.97 Å². The molecule has 0 aromatic rings. The third-order valence-electron chi connectivity index (χ3n) is 2.02. The zero-order chi connectivity index (χ0) is 9.26. The van der Waals surface area contributed by atoms with Crippen LogP contribution >= 0.6 is 12.4 Å². The lowest BCUT2D eigenvalue weighted by Crippen LogP contribution is -2.21. The summed E-state index contributed by atoms with van der Waals surface area (Å²) < 4.78 is 0. The van der Waals surface area contributed by atoms with Gasteiger partial charge in [0.1, 0.15) is 0 Å². The summed E-state index contributed by atoms with van der Waals surface area (Å²) in [4.78, 5) is 12.6. The molecule has 0 bridgehead atoms. The molecule has 0 saturated carbocycles. The second-order valence-corrected chi connectivity index (χ2v) is 2.89. The zero-order valence-electron chi connectivity index (χ0n) is 7.38. The predicted molar refractivity (Wildman–Crippen MR) is 56.0 cm³/mol. The van der Waals surface area contributed by atoms with Gasteiger partial charge in [-0.05, 0) is 18.2 Å². The highest BCUT2D eigenvalue weighted by Crippen LogP contribution is 2.19. The van der Waals surface area contributed by atoms with Gasteiger partial charge in [0.15, 0.2) is 0 Å². The number of aliphatic carboxylic acids is 1. The van der Waals surface area contributed by atoms with Crippen molar-refractivity contribution >= 4 is 18.4 Å². The molecule has 0 spiro atoms. The average Bonchev–Trinajstić information content (AvgIpc) is 2.17. The summed E-state index contributed by atoms with van der Waals surface area (Å²) in [5.41, 5.74) is 1.26. The van der Waals surface area contributed by atoms with Gasteiger partial charge in [0.2, 0.25) is 0 Å². The van der Waals surface area contributed by atoms with Crippen molar-refractivity contribution in [3.8, 4) is 0 Å². The van der Waals surface area contributed by atoms with E-state index in [1.807, 2.05) is 23.1 Å². The first-order valence-corrected chi connectivity index (χ1v) is 4.04. The van der Waals surface area contributed by atoms with Crippen molar-refractivity contribution in [3.05, 3.63) is 47.9 Å². The first kappa shape index (κ1) is 10.6. The van der Waals surface area contributed by atoms with Crippen molar-refractivity contribution in [3.63, 3.8) is 0 Å². The van der Waals surface area contributed by atoms with E-state index in [0.717, 1.165) is 12.2 Å². The van der Waals surface area contributed by atoms with E-state index >= 15 is 0 Å². The monoisotopic (exact) mass is 211 g/mol. The molecule has 0 aliphatic carbocycles. The van der Waals surface area contributed by atoms with Gasteiger partial charge in [-0.3, -0.25) is 0 Å². The maximum absolute atomic E-state index is 10.6. The molecule has 4 heteroatoms. The molecule has 2 rings (SSSR count). The number of carboxylic acid groups (broad SMARTS) is 1. The Morgan fingerprint density at radius 1 is 1.50 bits per heavy atom. The van der Waals surface area contributed by atoms with Gasteiger partial charge in [0, 0.05) is 18.4 Å². The van der Waals surface area contributed by atoms with E-state index in [1.165, 1.54) is 0 Å². The fraction of sp³-hybridized carbons (Fsp3) is 0.100. The second kappa shape index (κ2) is 4.15. The topological polar surface area (TPSA) is 40.5 Å². The van der Waals surface area contributed by atoms with Gasteiger partial charge in [0.05, 0.1) is 5.57 Å². The minimum absolute atomic E-state index is 0. The Morgan fingerprint density at radius 3 is 3.00 bits per heavy atom. The van der Waals surface area contributed by atoms with E-state index in [9.17, 15) is 4.79 Å². The molecule has 0 aromatic heterocycles. The Labute approximate surface area is 88.1 Å². The summed E-state index contributed by atoms with van der Waals surface area (Å²) in [5.74, 6) is -0.883. The highest BCUT2D eigenvalue weighted by atomic mass is 35.5. The lowest BCUT2D eigenvalue weighted by molar-refractivity contribution is -0.132. The summed E-state index contributed by atoms with van der Waals surface area (Å²) in [5, 5.41) is 8.75. The third kappa shape index (κ3) is 1.88. The number of halogens is 1. The highest BCUT2D eigenvalue weighted by molar-refractivity contribution is 5.90. The number of rotatable bonds is 1. The molecule has 14 heavy (non-hydrogen) atoms. The van der Waals surface area contributed by atoms with Crippen molar-refractivity contribution < 1.29 is 9.90 Å². The number of fused-ring (bicyclic) bond motifs is 1. The van der Waals surface area contributed by atoms with Crippen molar-refractivity contribution in [1.29, 1.82) is 0 Å². The van der Waals surface area contributed by atoms with Crippen LogP contribution < -0.4 is 0 Å².